The molecule has 0 spiro atoms. The molecule has 0 fully saturated rings. The van der Waals surface area contributed by atoms with E-state index >= 15 is 0 Å². The van der Waals surface area contributed by atoms with Crippen molar-refractivity contribution in [1.29, 1.82) is 0 Å². The third-order valence-corrected chi connectivity index (χ3v) is 5.03. The van der Waals surface area contributed by atoms with Gasteiger partial charge in [-0.15, -0.1) is 0 Å². The third-order valence-electron chi connectivity index (χ3n) is 3.15. The van der Waals surface area contributed by atoms with Crippen molar-refractivity contribution >= 4 is 21.6 Å². The van der Waals surface area contributed by atoms with Gasteiger partial charge >= 0.3 is 0 Å². The molecular formula is C16H18ClNO3S. The standard InChI is InChI=1S/C16H18ClNO3S/c1-12-6-7-16(15(17)8-12)22(19,20)18-10-13-4-3-5-14(9-13)11-21-2/h3-9,18H,10-11H2,1-2H3. The fourth-order valence-corrected chi connectivity index (χ4v) is 3.69. The molecule has 118 valence electrons. The summed E-state index contributed by atoms with van der Waals surface area (Å²) in [4.78, 5) is 0.0906. The van der Waals surface area contributed by atoms with Gasteiger partial charge in [0.25, 0.3) is 0 Å². The molecule has 0 aliphatic carbocycles. The maximum atomic E-state index is 12.3. The first kappa shape index (κ1) is 17.0. The van der Waals surface area contributed by atoms with E-state index in [0.717, 1.165) is 16.7 Å². The molecule has 0 unspecified atom stereocenters. The van der Waals surface area contributed by atoms with Crippen molar-refractivity contribution in [2.75, 3.05) is 7.11 Å². The van der Waals surface area contributed by atoms with E-state index in [9.17, 15) is 8.42 Å². The van der Waals surface area contributed by atoms with E-state index in [2.05, 4.69) is 4.72 Å². The summed E-state index contributed by atoms with van der Waals surface area (Å²) in [6, 6.07) is 12.4. The molecule has 0 radical (unpaired) electrons. The van der Waals surface area contributed by atoms with Gasteiger partial charge in [-0.05, 0) is 35.7 Å². The molecule has 2 rings (SSSR count). The Hall–Kier alpha value is -1.40. The molecule has 1 N–H and O–H groups in total. The van der Waals surface area contributed by atoms with E-state index in [4.69, 9.17) is 16.3 Å². The maximum Gasteiger partial charge on any atom is 0.242 e. The number of benzene rings is 2. The average molecular weight is 340 g/mol. The molecule has 6 heteroatoms. The molecule has 0 aromatic heterocycles. The van der Waals surface area contributed by atoms with Gasteiger partial charge in [-0.1, -0.05) is 41.9 Å². The number of methoxy groups -OCH3 is 1. The van der Waals surface area contributed by atoms with Gasteiger partial charge in [0.05, 0.1) is 11.6 Å². The highest BCUT2D eigenvalue weighted by Crippen LogP contribution is 2.22. The van der Waals surface area contributed by atoms with E-state index in [0.29, 0.717) is 6.61 Å². The first-order valence-corrected chi connectivity index (χ1v) is 8.61. The predicted octanol–water partition coefficient (Wildman–Crippen LogP) is 3.27. The number of ether oxygens (including phenoxy) is 1. The second-order valence-corrected chi connectivity index (χ2v) is 7.15. The Kier molecular flexibility index (Phi) is 5.58. The fraction of sp³-hybridized carbons (Fsp3) is 0.250. The smallest absolute Gasteiger partial charge is 0.242 e. The van der Waals surface area contributed by atoms with Crippen molar-refractivity contribution in [3.8, 4) is 0 Å². The summed E-state index contributed by atoms with van der Waals surface area (Å²) in [7, 11) is -2.02. The number of rotatable bonds is 6. The summed E-state index contributed by atoms with van der Waals surface area (Å²) >= 11 is 6.03. The van der Waals surface area contributed by atoms with Crippen LogP contribution in [-0.2, 0) is 27.9 Å². The number of halogens is 1. The topological polar surface area (TPSA) is 55.4 Å². The van der Waals surface area contributed by atoms with Gasteiger partial charge < -0.3 is 4.74 Å². The summed E-state index contributed by atoms with van der Waals surface area (Å²) in [5.74, 6) is 0. The first-order valence-electron chi connectivity index (χ1n) is 6.75. The Morgan fingerprint density at radius 3 is 2.55 bits per heavy atom. The molecule has 0 saturated heterocycles. The van der Waals surface area contributed by atoms with Gasteiger partial charge in [0, 0.05) is 13.7 Å². The Bertz CT molecular complexity index is 760. The van der Waals surface area contributed by atoms with E-state index in [1.165, 1.54) is 6.07 Å². The lowest BCUT2D eigenvalue weighted by Crippen LogP contribution is -2.23. The molecule has 4 nitrogen and oxygen atoms in total. The summed E-state index contributed by atoms with van der Waals surface area (Å²) in [6.07, 6.45) is 0. The number of hydrogen-bond donors (Lipinski definition) is 1. The molecule has 2 aromatic carbocycles. The van der Waals surface area contributed by atoms with Gasteiger partial charge in [-0.3, -0.25) is 0 Å². The van der Waals surface area contributed by atoms with E-state index in [-0.39, 0.29) is 16.5 Å². The van der Waals surface area contributed by atoms with Crippen LogP contribution in [0.25, 0.3) is 0 Å². The van der Waals surface area contributed by atoms with Crippen LogP contribution in [0, 0.1) is 6.92 Å². The number of sulfonamides is 1. The molecule has 22 heavy (non-hydrogen) atoms. The van der Waals surface area contributed by atoms with Crippen LogP contribution in [0.15, 0.2) is 47.4 Å². The third kappa shape index (κ3) is 4.30. The highest BCUT2D eigenvalue weighted by Gasteiger charge is 2.17. The average Bonchev–Trinajstić information content (AvgIpc) is 2.46. The van der Waals surface area contributed by atoms with E-state index in [1.807, 2.05) is 31.2 Å². The molecule has 0 saturated carbocycles. The van der Waals surface area contributed by atoms with Gasteiger partial charge in [-0.2, -0.15) is 0 Å². The Labute approximate surface area is 136 Å². The monoisotopic (exact) mass is 339 g/mol. The summed E-state index contributed by atoms with van der Waals surface area (Å²) in [5, 5.41) is 0.223. The van der Waals surface area contributed by atoms with Gasteiger partial charge in [0.15, 0.2) is 0 Å². The first-order chi connectivity index (χ1) is 10.4. The second-order valence-electron chi connectivity index (χ2n) is 5.01. The quantitative estimate of drug-likeness (QED) is 0.878. The Morgan fingerprint density at radius 2 is 1.86 bits per heavy atom. The lowest BCUT2D eigenvalue weighted by atomic mass is 10.1. The maximum absolute atomic E-state index is 12.3. The van der Waals surface area contributed by atoms with Crippen molar-refractivity contribution in [2.45, 2.75) is 25.0 Å². The Morgan fingerprint density at radius 1 is 1.14 bits per heavy atom. The van der Waals surface area contributed by atoms with Crippen molar-refractivity contribution in [1.82, 2.24) is 4.72 Å². The molecule has 0 heterocycles. The minimum atomic E-state index is -3.64. The Balaban J connectivity index is 2.14. The fourth-order valence-electron chi connectivity index (χ4n) is 2.08. The minimum Gasteiger partial charge on any atom is -0.380 e. The zero-order valence-corrected chi connectivity index (χ0v) is 14.0. The van der Waals surface area contributed by atoms with Crippen LogP contribution in [-0.4, -0.2) is 15.5 Å². The van der Waals surface area contributed by atoms with Crippen LogP contribution in [0.1, 0.15) is 16.7 Å². The summed E-state index contributed by atoms with van der Waals surface area (Å²) in [6.45, 7) is 2.55. The molecule has 0 aliphatic heterocycles. The van der Waals surface area contributed by atoms with Crippen LogP contribution < -0.4 is 4.72 Å². The molecule has 2 aromatic rings. The zero-order chi connectivity index (χ0) is 16.2. The molecule has 0 atom stereocenters. The molecular weight excluding hydrogens is 322 g/mol. The van der Waals surface area contributed by atoms with Crippen LogP contribution in [0.4, 0.5) is 0 Å². The van der Waals surface area contributed by atoms with Gasteiger partial charge in [0.2, 0.25) is 10.0 Å². The number of hydrogen-bond acceptors (Lipinski definition) is 3. The zero-order valence-electron chi connectivity index (χ0n) is 12.5. The van der Waals surface area contributed by atoms with Gasteiger partial charge in [-0.25, -0.2) is 13.1 Å². The van der Waals surface area contributed by atoms with E-state index < -0.39 is 10.0 Å². The summed E-state index contributed by atoms with van der Waals surface area (Å²) in [5.41, 5.74) is 2.77. The van der Waals surface area contributed by atoms with E-state index in [1.54, 1.807) is 19.2 Å². The molecule has 0 amide bonds. The lowest BCUT2D eigenvalue weighted by molar-refractivity contribution is 0.185. The van der Waals surface area contributed by atoms with Crippen LogP contribution >= 0.6 is 11.6 Å². The SMILES string of the molecule is COCc1cccc(CNS(=O)(=O)c2ccc(C)cc2Cl)c1. The van der Waals surface area contributed by atoms with Crippen LogP contribution in [0.3, 0.4) is 0 Å². The van der Waals surface area contributed by atoms with Crippen molar-refractivity contribution in [2.24, 2.45) is 0 Å². The highest BCUT2D eigenvalue weighted by atomic mass is 35.5. The predicted molar refractivity (Wildman–Crippen MR) is 87.4 cm³/mol. The lowest BCUT2D eigenvalue weighted by Gasteiger charge is -2.10. The number of nitrogens with one attached hydrogen (secondary N) is 1. The minimum absolute atomic E-state index is 0.0906. The van der Waals surface area contributed by atoms with Crippen LogP contribution in [0.5, 0.6) is 0 Å². The largest absolute Gasteiger partial charge is 0.380 e. The normalized spacial score (nSPS) is 11.6. The highest BCUT2D eigenvalue weighted by molar-refractivity contribution is 7.89. The van der Waals surface area contributed by atoms with Crippen molar-refractivity contribution in [3.63, 3.8) is 0 Å². The second kappa shape index (κ2) is 7.24. The molecule has 0 aliphatic rings. The van der Waals surface area contributed by atoms with Gasteiger partial charge in [0.1, 0.15) is 4.90 Å². The number of aryl methyl sites for hydroxylation is 1. The molecule has 0 bridgehead atoms. The summed E-state index contributed by atoms with van der Waals surface area (Å²) < 4.78 is 32.3. The van der Waals surface area contributed by atoms with Crippen molar-refractivity contribution < 1.29 is 13.2 Å². The van der Waals surface area contributed by atoms with Crippen LogP contribution in [0.2, 0.25) is 5.02 Å². The van der Waals surface area contributed by atoms with Crippen molar-refractivity contribution in [3.05, 3.63) is 64.2 Å².